The smallest absolute Gasteiger partial charge is 0.229 e. The molecule has 0 bridgehead atoms. The number of nitrogens with one attached hydrogen (secondary N) is 1. The highest BCUT2D eigenvalue weighted by atomic mass is 15.3. The molecule has 0 radical (unpaired) electrons. The number of piperidine rings is 1. The van der Waals surface area contributed by atoms with Gasteiger partial charge in [0.15, 0.2) is 0 Å². The largest absolute Gasteiger partial charge is 0.368 e. The predicted molar refractivity (Wildman–Crippen MR) is 80.5 cm³/mol. The van der Waals surface area contributed by atoms with Gasteiger partial charge in [0.1, 0.15) is 5.82 Å². The van der Waals surface area contributed by atoms with Gasteiger partial charge in [0.05, 0.1) is 6.54 Å². The first-order chi connectivity index (χ1) is 9.60. The van der Waals surface area contributed by atoms with Crippen LogP contribution >= 0.6 is 0 Å². The lowest BCUT2D eigenvalue weighted by atomic mass is 10.1. The highest BCUT2D eigenvalue weighted by molar-refractivity contribution is 5.32. The molecule has 0 aliphatic carbocycles. The molecule has 2 heterocycles. The van der Waals surface area contributed by atoms with E-state index in [1.165, 1.54) is 12.8 Å². The molecule has 1 aromatic heterocycles. The molecule has 7 heteroatoms. The summed E-state index contributed by atoms with van der Waals surface area (Å²) in [6.45, 7) is 6.03. The second-order valence-electron chi connectivity index (χ2n) is 5.37. The SMILES string of the molecule is CCN(Cc1nc(N)nc(N(C)C)n1)C1CCCNC1. The van der Waals surface area contributed by atoms with Crippen molar-refractivity contribution < 1.29 is 0 Å². The molecule has 7 nitrogen and oxygen atoms in total. The van der Waals surface area contributed by atoms with Gasteiger partial charge < -0.3 is 16.0 Å². The lowest BCUT2D eigenvalue weighted by Crippen LogP contribution is -2.45. The molecule has 1 saturated heterocycles. The van der Waals surface area contributed by atoms with Gasteiger partial charge in [-0.15, -0.1) is 0 Å². The van der Waals surface area contributed by atoms with Crippen molar-refractivity contribution in [2.75, 3.05) is 44.4 Å². The van der Waals surface area contributed by atoms with Crippen LogP contribution in [0.15, 0.2) is 0 Å². The van der Waals surface area contributed by atoms with E-state index < -0.39 is 0 Å². The Morgan fingerprint density at radius 2 is 2.10 bits per heavy atom. The Morgan fingerprint density at radius 3 is 2.70 bits per heavy atom. The van der Waals surface area contributed by atoms with Crippen molar-refractivity contribution in [1.82, 2.24) is 25.2 Å². The molecule has 1 atom stereocenters. The first-order valence-electron chi connectivity index (χ1n) is 7.22. The zero-order valence-corrected chi connectivity index (χ0v) is 12.6. The van der Waals surface area contributed by atoms with E-state index in [1.807, 2.05) is 19.0 Å². The summed E-state index contributed by atoms with van der Waals surface area (Å²) in [6.07, 6.45) is 2.45. The summed E-state index contributed by atoms with van der Waals surface area (Å²) >= 11 is 0. The fraction of sp³-hybridized carbons (Fsp3) is 0.769. The van der Waals surface area contributed by atoms with Gasteiger partial charge in [0, 0.05) is 26.7 Å². The maximum atomic E-state index is 5.77. The highest BCUT2D eigenvalue weighted by Gasteiger charge is 2.21. The molecular weight excluding hydrogens is 254 g/mol. The molecule has 112 valence electrons. The number of likely N-dealkylation sites (N-methyl/N-ethyl adjacent to an activating group) is 1. The summed E-state index contributed by atoms with van der Waals surface area (Å²) in [7, 11) is 3.81. The monoisotopic (exact) mass is 279 g/mol. The fourth-order valence-electron chi connectivity index (χ4n) is 2.52. The van der Waals surface area contributed by atoms with Crippen LogP contribution in [-0.2, 0) is 6.54 Å². The van der Waals surface area contributed by atoms with E-state index in [-0.39, 0.29) is 5.95 Å². The highest BCUT2D eigenvalue weighted by Crippen LogP contribution is 2.14. The Kier molecular flexibility index (Phi) is 5.08. The van der Waals surface area contributed by atoms with Crippen molar-refractivity contribution >= 4 is 11.9 Å². The Bertz CT molecular complexity index is 429. The lowest BCUT2D eigenvalue weighted by molar-refractivity contribution is 0.162. The van der Waals surface area contributed by atoms with Crippen molar-refractivity contribution in [3.05, 3.63) is 5.82 Å². The van der Waals surface area contributed by atoms with E-state index in [9.17, 15) is 0 Å². The minimum Gasteiger partial charge on any atom is -0.368 e. The van der Waals surface area contributed by atoms with Gasteiger partial charge in [-0.3, -0.25) is 4.90 Å². The van der Waals surface area contributed by atoms with Gasteiger partial charge in [-0.05, 0) is 25.9 Å². The van der Waals surface area contributed by atoms with E-state index in [0.717, 1.165) is 32.0 Å². The molecule has 0 aromatic carbocycles. The van der Waals surface area contributed by atoms with Crippen LogP contribution in [0, 0.1) is 0 Å². The molecule has 20 heavy (non-hydrogen) atoms. The number of nitrogen functional groups attached to an aromatic ring is 1. The van der Waals surface area contributed by atoms with Gasteiger partial charge in [-0.2, -0.15) is 15.0 Å². The molecule has 1 fully saturated rings. The number of hydrogen-bond acceptors (Lipinski definition) is 7. The Hall–Kier alpha value is -1.47. The number of rotatable bonds is 5. The summed E-state index contributed by atoms with van der Waals surface area (Å²) in [6, 6.07) is 0.551. The summed E-state index contributed by atoms with van der Waals surface area (Å²) in [4.78, 5) is 17.1. The summed E-state index contributed by atoms with van der Waals surface area (Å²) in [5, 5.41) is 3.45. The van der Waals surface area contributed by atoms with Gasteiger partial charge in [-0.1, -0.05) is 6.92 Å². The summed E-state index contributed by atoms with van der Waals surface area (Å²) < 4.78 is 0. The predicted octanol–water partition coefficient (Wildman–Crippen LogP) is 0.0937. The topological polar surface area (TPSA) is 83.2 Å². The van der Waals surface area contributed by atoms with Gasteiger partial charge in [0.2, 0.25) is 11.9 Å². The molecule has 3 N–H and O–H groups in total. The molecule has 0 saturated carbocycles. The molecule has 0 amide bonds. The average molecular weight is 279 g/mol. The summed E-state index contributed by atoms with van der Waals surface area (Å²) in [5.74, 6) is 1.65. The first kappa shape index (κ1) is 14.9. The van der Waals surface area contributed by atoms with Crippen molar-refractivity contribution in [2.24, 2.45) is 0 Å². The van der Waals surface area contributed by atoms with Crippen molar-refractivity contribution in [3.8, 4) is 0 Å². The first-order valence-corrected chi connectivity index (χ1v) is 7.22. The zero-order chi connectivity index (χ0) is 14.5. The number of anilines is 2. The Labute approximate surface area is 120 Å². The van der Waals surface area contributed by atoms with Crippen LogP contribution in [-0.4, -0.2) is 59.6 Å². The van der Waals surface area contributed by atoms with Crippen molar-refractivity contribution in [1.29, 1.82) is 0 Å². The number of nitrogens with zero attached hydrogens (tertiary/aromatic N) is 5. The van der Waals surface area contributed by atoms with E-state index in [1.54, 1.807) is 0 Å². The van der Waals surface area contributed by atoms with Crippen molar-refractivity contribution in [3.63, 3.8) is 0 Å². The van der Waals surface area contributed by atoms with Crippen LogP contribution in [0.1, 0.15) is 25.6 Å². The van der Waals surface area contributed by atoms with Crippen LogP contribution in [0.2, 0.25) is 0 Å². The van der Waals surface area contributed by atoms with Gasteiger partial charge >= 0.3 is 0 Å². The molecule has 0 spiro atoms. The molecular formula is C13H25N7. The van der Waals surface area contributed by atoms with E-state index in [0.29, 0.717) is 12.0 Å². The molecule has 1 unspecified atom stereocenters. The number of aromatic nitrogens is 3. The quantitative estimate of drug-likeness (QED) is 0.790. The zero-order valence-electron chi connectivity index (χ0n) is 12.6. The number of nitrogens with two attached hydrogens (primary N) is 1. The third kappa shape index (κ3) is 3.77. The maximum absolute atomic E-state index is 5.77. The maximum Gasteiger partial charge on any atom is 0.229 e. The third-order valence-corrected chi connectivity index (χ3v) is 3.63. The number of hydrogen-bond donors (Lipinski definition) is 2. The lowest BCUT2D eigenvalue weighted by Gasteiger charge is -2.33. The van der Waals surface area contributed by atoms with Gasteiger partial charge in [0.25, 0.3) is 0 Å². The normalized spacial score (nSPS) is 19.3. The molecule has 2 rings (SSSR count). The average Bonchev–Trinajstić information content (AvgIpc) is 2.45. The standard InChI is InChI=1S/C13H25N7/c1-4-20(10-6-5-7-15-8-10)9-11-16-12(14)18-13(17-11)19(2)3/h10,15H,4-9H2,1-3H3,(H2,14,16,17,18). The molecule has 1 aliphatic rings. The Morgan fingerprint density at radius 1 is 1.30 bits per heavy atom. The van der Waals surface area contributed by atoms with Crippen LogP contribution in [0.3, 0.4) is 0 Å². The summed E-state index contributed by atoms with van der Waals surface area (Å²) in [5.41, 5.74) is 5.77. The second kappa shape index (κ2) is 6.81. The van der Waals surface area contributed by atoms with Crippen LogP contribution in [0.4, 0.5) is 11.9 Å². The second-order valence-corrected chi connectivity index (χ2v) is 5.37. The van der Waals surface area contributed by atoms with Gasteiger partial charge in [-0.25, -0.2) is 0 Å². The van der Waals surface area contributed by atoms with E-state index in [2.05, 4.69) is 32.1 Å². The third-order valence-electron chi connectivity index (χ3n) is 3.63. The van der Waals surface area contributed by atoms with Crippen LogP contribution in [0.25, 0.3) is 0 Å². The van der Waals surface area contributed by atoms with E-state index in [4.69, 9.17) is 5.73 Å². The molecule has 1 aromatic rings. The van der Waals surface area contributed by atoms with Crippen LogP contribution < -0.4 is 16.0 Å². The van der Waals surface area contributed by atoms with Crippen LogP contribution in [0.5, 0.6) is 0 Å². The van der Waals surface area contributed by atoms with E-state index >= 15 is 0 Å². The van der Waals surface area contributed by atoms with Crippen molar-refractivity contribution in [2.45, 2.75) is 32.4 Å². The fourth-order valence-corrected chi connectivity index (χ4v) is 2.52. The molecule has 1 aliphatic heterocycles. The Balaban J connectivity index is 2.10. The minimum absolute atomic E-state index is 0.288. The minimum atomic E-state index is 0.288.